The average molecular weight is 586 g/mol. The fourth-order valence-electron chi connectivity index (χ4n) is 3.80. The predicted octanol–water partition coefficient (Wildman–Crippen LogP) is 8.75. The SMILES string of the molecule is CCCCCCCCCCCCCCCCCCOCC(COP(=O)(O)OCC[As+](C)(C)C)OC. The van der Waals surface area contributed by atoms with Crippen LogP contribution >= 0.6 is 7.82 Å². The van der Waals surface area contributed by atoms with Gasteiger partial charge in [0.05, 0.1) is 0 Å². The summed E-state index contributed by atoms with van der Waals surface area (Å²) in [6.45, 7) is 3.56. The summed E-state index contributed by atoms with van der Waals surface area (Å²) in [4.78, 5) is 9.82. The van der Waals surface area contributed by atoms with E-state index < -0.39 is 21.4 Å². The molecule has 0 bridgehead atoms. The van der Waals surface area contributed by atoms with E-state index in [0.29, 0.717) is 13.2 Å². The Morgan fingerprint density at radius 2 is 1.14 bits per heavy atom. The van der Waals surface area contributed by atoms with Crippen LogP contribution in [-0.2, 0) is 23.1 Å². The third-order valence-corrected chi connectivity index (χ3v) is 10.4. The van der Waals surface area contributed by atoms with Crippen LogP contribution in [0.15, 0.2) is 0 Å². The van der Waals surface area contributed by atoms with E-state index in [2.05, 4.69) is 24.1 Å². The molecule has 0 aromatic rings. The van der Waals surface area contributed by atoms with E-state index in [4.69, 9.17) is 18.5 Å². The summed E-state index contributed by atoms with van der Waals surface area (Å²) < 4.78 is 33.2. The molecule has 0 aliphatic carbocycles. The van der Waals surface area contributed by atoms with Gasteiger partial charge in [-0.25, -0.2) is 0 Å². The van der Waals surface area contributed by atoms with E-state index in [9.17, 15) is 9.46 Å². The second-order valence-electron chi connectivity index (χ2n) is 10.8. The Balaban J connectivity index is 3.49. The Kier molecular flexibility index (Phi) is 24.1. The molecule has 8 heteroatoms. The fraction of sp³-hybridized carbons (Fsp3) is 1.00. The first-order valence-electron chi connectivity index (χ1n) is 14.2. The van der Waals surface area contributed by atoms with Gasteiger partial charge in [-0.2, -0.15) is 0 Å². The van der Waals surface area contributed by atoms with Crippen molar-refractivity contribution in [3.05, 3.63) is 0 Å². The van der Waals surface area contributed by atoms with Gasteiger partial charge in [-0.15, -0.1) is 0 Å². The van der Waals surface area contributed by atoms with Crippen molar-refractivity contribution in [3.8, 4) is 0 Å². The van der Waals surface area contributed by atoms with Crippen LogP contribution in [-0.4, -0.2) is 58.1 Å². The quantitative estimate of drug-likeness (QED) is 0.0590. The van der Waals surface area contributed by atoms with Crippen LogP contribution in [0, 0.1) is 0 Å². The van der Waals surface area contributed by atoms with E-state index >= 15 is 0 Å². The number of methoxy groups -OCH3 is 1. The number of phosphoric acid groups is 1. The van der Waals surface area contributed by atoms with Gasteiger partial charge in [0.2, 0.25) is 0 Å². The third-order valence-electron chi connectivity index (χ3n) is 6.22. The van der Waals surface area contributed by atoms with Gasteiger partial charge in [-0.05, 0) is 0 Å². The minimum atomic E-state index is -4.03. The van der Waals surface area contributed by atoms with Crippen molar-refractivity contribution in [1.82, 2.24) is 0 Å². The van der Waals surface area contributed by atoms with Crippen molar-refractivity contribution < 1.29 is 28.0 Å². The van der Waals surface area contributed by atoms with Gasteiger partial charge in [-0.1, -0.05) is 96.8 Å². The van der Waals surface area contributed by atoms with Crippen molar-refractivity contribution >= 4 is 21.4 Å². The zero-order valence-corrected chi connectivity index (χ0v) is 26.6. The van der Waals surface area contributed by atoms with Crippen LogP contribution in [0.4, 0.5) is 0 Å². The number of phosphoric ester groups is 1. The van der Waals surface area contributed by atoms with E-state index in [0.717, 1.165) is 11.6 Å². The molecule has 0 spiro atoms. The molecule has 1 N–H and O–H groups in total. The average Bonchev–Trinajstić information content (AvgIpc) is 2.79. The van der Waals surface area contributed by atoms with E-state index in [1.54, 1.807) is 7.11 Å². The Bertz CT molecular complexity index is 501. The Labute approximate surface area is 220 Å². The van der Waals surface area contributed by atoms with E-state index in [1.807, 2.05) is 0 Å². The summed E-state index contributed by atoms with van der Waals surface area (Å²) in [6.07, 6.45) is 21.3. The normalized spacial score (nSPS) is 14.8. The van der Waals surface area contributed by atoms with E-state index in [1.165, 1.54) is 96.3 Å². The summed E-state index contributed by atoms with van der Waals surface area (Å²) in [7, 11) is -2.47. The molecule has 2 atom stereocenters. The van der Waals surface area contributed by atoms with Gasteiger partial charge >= 0.3 is 124 Å². The second kappa shape index (κ2) is 23.7. The molecule has 0 amide bonds. The first kappa shape index (κ1) is 35.6. The van der Waals surface area contributed by atoms with Gasteiger partial charge < -0.3 is 0 Å². The monoisotopic (exact) mass is 585 g/mol. The molecule has 0 saturated carbocycles. The van der Waals surface area contributed by atoms with Crippen LogP contribution in [0.3, 0.4) is 0 Å². The molecule has 0 aromatic heterocycles. The van der Waals surface area contributed by atoms with Gasteiger partial charge in [0, 0.05) is 0 Å². The number of rotatable bonds is 27. The maximum absolute atomic E-state index is 12.0. The number of hydrogen-bond donors (Lipinski definition) is 1. The number of unbranched alkanes of at least 4 members (excludes halogenated alkanes) is 15. The predicted molar refractivity (Wildman–Crippen MR) is 151 cm³/mol. The molecule has 0 saturated heterocycles. The maximum atomic E-state index is 12.0. The molecular formula is C27H59AsO6P+. The molecule has 35 heavy (non-hydrogen) atoms. The van der Waals surface area contributed by atoms with Crippen molar-refractivity contribution in [1.29, 1.82) is 0 Å². The topological polar surface area (TPSA) is 74.2 Å². The standard InChI is InChI=1S/C27H58AsO6P/c1-6-7-8-9-10-11-12-13-14-15-16-17-18-19-20-21-23-32-25-27(31-5)26-34-35(29,30)33-24-22-28(2,3)4/h27H,6-26H2,1-5H3/p+1. The molecule has 0 radical (unpaired) electrons. The molecule has 0 fully saturated rings. The van der Waals surface area contributed by atoms with Crippen molar-refractivity contribution in [2.75, 3.05) is 33.5 Å². The number of ether oxygens (including phenoxy) is 2. The summed E-state index contributed by atoms with van der Waals surface area (Å²) in [5.41, 5.74) is 6.67. The third kappa shape index (κ3) is 27.4. The van der Waals surface area contributed by atoms with Crippen LogP contribution in [0.5, 0.6) is 0 Å². The summed E-state index contributed by atoms with van der Waals surface area (Å²) in [5.74, 6) is 0. The number of hydrogen-bond acceptors (Lipinski definition) is 5. The van der Waals surface area contributed by atoms with Crippen LogP contribution < -0.4 is 0 Å². The molecule has 0 rings (SSSR count). The molecule has 2 unspecified atom stereocenters. The second-order valence-corrected chi connectivity index (χ2v) is 22.8. The Morgan fingerprint density at radius 1 is 0.686 bits per heavy atom. The Morgan fingerprint density at radius 3 is 1.57 bits per heavy atom. The first-order valence-corrected chi connectivity index (χ1v) is 22.7. The van der Waals surface area contributed by atoms with Crippen molar-refractivity contribution in [3.63, 3.8) is 0 Å². The zero-order chi connectivity index (χ0) is 26.3. The molecule has 0 aliphatic heterocycles. The van der Waals surface area contributed by atoms with E-state index in [-0.39, 0.29) is 19.3 Å². The summed E-state index contributed by atoms with van der Waals surface area (Å²) in [5, 5.41) is 0.849. The van der Waals surface area contributed by atoms with Gasteiger partial charge in [0.15, 0.2) is 0 Å². The van der Waals surface area contributed by atoms with Gasteiger partial charge in [-0.3, -0.25) is 0 Å². The molecule has 6 nitrogen and oxygen atoms in total. The molecular weight excluding hydrogens is 526 g/mol. The van der Waals surface area contributed by atoms with Gasteiger partial charge in [0.1, 0.15) is 0 Å². The summed E-state index contributed by atoms with van der Waals surface area (Å²) in [6, 6.07) is 0. The fourth-order valence-corrected chi connectivity index (χ4v) is 6.20. The molecule has 0 aromatic carbocycles. The van der Waals surface area contributed by atoms with Crippen molar-refractivity contribution in [2.24, 2.45) is 0 Å². The van der Waals surface area contributed by atoms with Gasteiger partial charge in [0.25, 0.3) is 0 Å². The summed E-state index contributed by atoms with van der Waals surface area (Å²) >= 11 is -1.64. The van der Waals surface area contributed by atoms with Crippen LogP contribution in [0.25, 0.3) is 0 Å². The van der Waals surface area contributed by atoms with Crippen LogP contribution in [0.1, 0.15) is 110 Å². The molecule has 0 heterocycles. The molecule has 212 valence electrons. The van der Waals surface area contributed by atoms with Crippen LogP contribution in [0.2, 0.25) is 22.3 Å². The van der Waals surface area contributed by atoms with Crippen molar-refractivity contribution in [2.45, 2.75) is 138 Å². The Hall–Kier alpha value is 0.588. The minimum absolute atomic E-state index is 0.0150. The molecule has 0 aliphatic rings. The zero-order valence-electron chi connectivity index (χ0n) is 23.8. The first-order chi connectivity index (χ1) is 16.7.